The van der Waals surface area contributed by atoms with Crippen LogP contribution in [0.25, 0.3) is 0 Å². The van der Waals surface area contributed by atoms with E-state index < -0.39 is 28.5 Å². The lowest BCUT2D eigenvalue weighted by Crippen LogP contribution is -2.50. The number of benzene rings is 2. The smallest absolute Gasteiger partial charge is 0.244 e. The summed E-state index contributed by atoms with van der Waals surface area (Å²) in [5.41, 5.74) is 2.20. The SMILES string of the molecule is CNC(=O)C(C)N(Cc1cccc(C)c1)C(=O)CN(c1ccc(OC)cc1)S(C)(=O)=O. The zero-order valence-corrected chi connectivity index (χ0v) is 19.3. The third-order valence-corrected chi connectivity index (χ3v) is 6.03. The first kappa shape index (κ1) is 24.2. The molecule has 0 heterocycles. The van der Waals surface area contributed by atoms with Gasteiger partial charge in [0.15, 0.2) is 0 Å². The number of hydrogen-bond donors (Lipinski definition) is 1. The largest absolute Gasteiger partial charge is 0.497 e. The van der Waals surface area contributed by atoms with E-state index in [-0.39, 0.29) is 12.5 Å². The highest BCUT2D eigenvalue weighted by atomic mass is 32.2. The highest BCUT2D eigenvalue weighted by Gasteiger charge is 2.29. The maximum absolute atomic E-state index is 13.3. The summed E-state index contributed by atoms with van der Waals surface area (Å²) in [4.78, 5) is 26.9. The molecule has 0 aliphatic heterocycles. The number of sulfonamides is 1. The second kappa shape index (κ2) is 10.3. The third kappa shape index (κ3) is 6.45. The zero-order chi connectivity index (χ0) is 23.2. The highest BCUT2D eigenvalue weighted by molar-refractivity contribution is 7.92. The first-order chi connectivity index (χ1) is 14.6. The van der Waals surface area contributed by atoms with E-state index in [1.807, 2.05) is 31.2 Å². The predicted octanol–water partition coefficient (Wildman–Crippen LogP) is 1.93. The molecule has 0 spiro atoms. The summed E-state index contributed by atoms with van der Waals surface area (Å²) in [6.07, 6.45) is 1.04. The number of anilines is 1. The van der Waals surface area contributed by atoms with Crippen LogP contribution in [-0.4, -0.2) is 58.1 Å². The van der Waals surface area contributed by atoms with E-state index in [1.165, 1.54) is 19.1 Å². The Hall–Kier alpha value is -3.07. The van der Waals surface area contributed by atoms with Gasteiger partial charge in [0.05, 0.1) is 19.1 Å². The molecule has 0 bridgehead atoms. The molecule has 168 valence electrons. The molecule has 0 saturated carbocycles. The summed E-state index contributed by atoms with van der Waals surface area (Å²) in [7, 11) is -0.748. The topological polar surface area (TPSA) is 96.0 Å². The lowest BCUT2D eigenvalue weighted by atomic mass is 10.1. The van der Waals surface area contributed by atoms with Crippen molar-refractivity contribution in [2.45, 2.75) is 26.4 Å². The number of nitrogens with one attached hydrogen (secondary N) is 1. The summed E-state index contributed by atoms with van der Waals surface area (Å²) in [5.74, 6) is -0.256. The van der Waals surface area contributed by atoms with E-state index in [1.54, 1.807) is 31.2 Å². The second-order valence-electron chi connectivity index (χ2n) is 7.27. The number of ether oxygens (including phenoxy) is 1. The number of carbonyl (C=O) groups is 2. The molecule has 2 rings (SSSR count). The average Bonchev–Trinajstić information content (AvgIpc) is 2.74. The van der Waals surface area contributed by atoms with Crippen LogP contribution in [0.15, 0.2) is 48.5 Å². The average molecular weight is 448 g/mol. The van der Waals surface area contributed by atoms with Crippen molar-refractivity contribution in [3.05, 3.63) is 59.7 Å². The minimum atomic E-state index is -3.75. The van der Waals surface area contributed by atoms with E-state index in [0.717, 1.165) is 21.7 Å². The molecule has 0 saturated heterocycles. The van der Waals surface area contributed by atoms with E-state index in [0.29, 0.717) is 11.4 Å². The fourth-order valence-corrected chi connectivity index (χ4v) is 4.01. The van der Waals surface area contributed by atoms with Gasteiger partial charge in [0.25, 0.3) is 0 Å². The Morgan fingerprint density at radius 3 is 2.29 bits per heavy atom. The highest BCUT2D eigenvalue weighted by Crippen LogP contribution is 2.22. The zero-order valence-electron chi connectivity index (χ0n) is 18.5. The van der Waals surface area contributed by atoms with Crippen LogP contribution in [-0.2, 0) is 26.2 Å². The van der Waals surface area contributed by atoms with Crippen LogP contribution in [0.1, 0.15) is 18.1 Å². The number of aryl methyl sites for hydroxylation is 1. The third-order valence-electron chi connectivity index (χ3n) is 4.89. The lowest BCUT2D eigenvalue weighted by molar-refractivity contribution is -0.139. The Morgan fingerprint density at radius 1 is 1.13 bits per heavy atom. The molecule has 0 aliphatic rings. The number of nitrogens with zero attached hydrogens (tertiary/aromatic N) is 2. The molecule has 1 unspecified atom stereocenters. The van der Waals surface area contributed by atoms with Crippen LogP contribution in [0.4, 0.5) is 5.69 Å². The summed E-state index contributed by atoms with van der Waals surface area (Å²) in [6, 6.07) is 13.2. The van der Waals surface area contributed by atoms with Crippen LogP contribution in [0.3, 0.4) is 0 Å². The molecule has 0 fully saturated rings. The van der Waals surface area contributed by atoms with E-state index >= 15 is 0 Å². The lowest BCUT2D eigenvalue weighted by Gasteiger charge is -2.31. The van der Waals surface area contributed by atoms with E-state index in [9.17, 15) is 18.0 Å². The molecule has 2 aromatic rings. The number of likely N-dealkylation sites (N-methyl/N-ethyl adjacent to an activating group) is 1. The Balaban J connectivity index is 2.36. The van der Waals surface area contributed by atoms with Crippen molar-refractivity contribution in [2.24, 2.45) is 0 Å². The summed E-state index contributed by atoms with van der Waals surface area (Å²) >= 11 is 0. The molecule has 2 amide bonds. The van der Waals surface area contributed by atoms with Gasteiger partial charge in [-0.25, -0.2) is 8.42 Å². The molecular weight excluding hydrogens is 418 g/mol. The van der Waals surface area contributed by atoms with E-state index in [2.05, 4.69) is 5.32 Å². The normalized spacial score (nSPS) is 12.0. The van der Waals surface area contributed by atoms with E-state index in [4.69, 9.17) is 4.74 Å². The van der Waals surface area contributed by atoms with Crippen molar-refractivity contribution in [2.75, 3.05) is 31.3 Å². The monoisotopic (exact) mass is 447 g/mol. The fourth-order valence-electron chi connectivity index (χ4n) is 3.16. The van der Waals surface area contributed by atoms with Crippen LogP contribution >= 0.6 is 0 Å². The summed E-state index contributed by atoms with van der Waals surface area (Å²) < 4.78 is 31.0. The molecule has 8 nitrogen and oxygen atoms in total. The van der Waals surface area contributed by atoms with Crippen molar-refractivity contribution in [1.82, 2.24) is 10.2 Å². The summed E-state index contributed by atoms with van der Waals surface area (Å²) in [6.45, 7) is 3.30. The van der Waals surface area contributed by atoms with Gasteiger partial charge < -0.3 is 15.0 Å². The van der Waals surface area contributed by atoms with Crippen LogP contribution in [0, 0.1) is 6.92 Å². The molecule has 9 heteroatoms. The number of amides is 2. The molecule has 1 N–H and O–H groups in total. The quantitative estimate of drug-likeness (QED) is 0.634. The number of carbonyl (C=O) groups excluding carboxylic acids is 2. The molecule has 2 aromatic carbocycles. The second-order valence-corrected chi connectivity index (χ2v) is 9.18. The maximum atomic E-state index is 13.3. The van der Waals surface area contributed by atoms with Gasteiger partial charge in [-0.2, -0.15) is 0 Å². The van der Waals surface area contributed by atoms with Gasteiger partial charge >= 0.3 is 0 Å². The number of rotatable bonds is 9. The molecular formula is C22H29N3O5S. The molecule has 0 aliphatic carbocycles. The number of methoxy groups -OCH3 is 1. The Labute approximate surface area is 183 Å². The summed E-state index contributed by atoms with van der Waals surface area (Å²) in [5, 5.41) is 2.55. The molecule has 0 aromatic heterocycles. The van der Waals surface area contributed by atoms with Crippen LogP contribution in [0.2, 0.25) is 0 Å². The standard InChI is InChI=1S/C22H29N3O5S/c1-16-7-6-8-18(13-16)14-24(17(2)22(27)23-3)21(26)15-25(31(5,28)29)19-9-11-20(30-4)12-10-19/h6-13,17H,14-15H2,1-5H3,(H,23,27). The Bertz CT molecular complexity index is 1020. The van der Waals surface area contributed by atoms with Gasteiger partial charge in [-0.1, -0.05) is 29.8 Å². The van der Waals surface area contributed by atoms with Crippen molar-refractivity contribution < 1.29 is 22.7 Å². The van der Waals surface area contributed by atoms with Crippen molar-refractivity contribution in [1.29, 1.82) is 0 Å². The Kier molecular flexibility index (Phi) is 8.04. The van der Waals surface area contributed by atoms with Crippen LogP contribution < -0.4 is 14.4 Å². The van der Waals surface area contributed by atoms with Gasteiger partial charge in [-0.05, 0) is 43.7 Å². The van der Waals surface area contributed by atoms with Gasteiger partial charge in [-0.15, -0.1) is 0 Å². The van der Waals surface area contributed by atoms with Crippen molar-refractivity contribution >= 4 is 27.5 Å². The van der Waals surface area contributed by atoms with Crippen molar-refractivity contribution in [3.63, 3.8) is 0 Å². The minimum Gasteiger partial charge on any atom is -0.497 e. The van der Waals surface area contributed by atoms with Gasteiger partial charge in [-0.3, -0.25) is 13.9 Å². The first-order valence-electron chi connectivity index (χ1n) is 9.75. The fraction of sp³-hybridized carbons (Fsp3) is 0.364. The van der Waals surface area contributed by atoms with Gasteiger partial charge in [0.1, 0.15) is 18.3 Å². The van der Waals surface area contributed by atoms with Crippen molar-refractivity contribution in [3.8, 4) is 5.75 Å². The maximum Gasteiger partial charge on any atom is 0.244 e. The molecule has 31 heavy (non-hydrogen) atoms. The van der Waals surface area contributed by atoms with Crippen LogP contribution in [0.5, 0.6) is 5.75 Å². The minimum absolute atomic E-state index is 0.176. The van der Waals surface area contributed by atoms with Gasteiger partial charge in [0.2, 0.25) is 21.8 Å². The van der Waals surface area contributed by atoms with Gasteiger partial charge in [0, 0.05) is 13.6 Å². The first-order valence-corrected chi connectivity index (χ1v) is 11.6. The predicted molar refractivity (Wildman–Crippen MR) is 120 cm³/mol. The molecule has 1 atom stereocenters. The Morgan fingerprint density at radius 2 is 1.77 bits per heavy atom. The molecule has 0 radical (unpaired) electrons. The number of hydrogen-bond acceptors (Lipinski definition) is 5.